The fraction of sp³-hybridized carbons (Fsp3) is 0.200. The van der Waals surface area contributed by atoms with E-state index in [-0.39, 0.29) is 17.4 Å². The largest absolute Gasteiger partial charge is 0.504 e. The van der Waals surface area contributed by atoms with Gasteiger partial charge < -0.3 is 9.84 Å². The first-order chi connectivity index (χ1) is 15.5. The zero-order valence-corrected chi connectivity index (χ0v) is 17.6. The highest BCUT2D eigenvalue weighted by molar-refractivity contribution is 6.24. The molecule has 0 bridgehead atoms. The van der Waals surface area contributed by atoms with Crippen molar-refractivity contribution in [3.05, 3.63) is 83.9 Å². The van der Waals surface area contributed by atoms with E-state index in [9.17, 15) is 14.7 Å². The fourth-order valence-corrected chi connectivity index (χ4v) is 4.42. The number of rotatable bonds is 4. The number of amides is 2. The number of ether oxygens (including phenoxy) is 1. The summed E-state index contributed by atoms with van der Waals surface area (Å²) in [4.78, 5) is 34.2. The van der Waals surface area contributed by atoms with Crippen LogP contribution in [0, 0.1) is 12.8 Å². The van der Waals surface area contributed by atoms with Gasteiger partial charge >= 0.3 is 0 Å². The molecule has 2 heterocycles. The lowest BCUT2D eigenvalue weighted by Gasteiger charge is -2.29. The van der Waals surface area contributed by atoms with Gasteiger partial charge in [-0.15, -0.1) is 0 Å². The molecule has 0 saturated carbocycles. The molecular formula is C25H22N2O5. The highest BCUT2D eigenvalue weighted by Crippen LogP contribution is 2.50. The van der Waals surface area contributed by atoms with Crippen LogP contribution in [0.4, 0.5) is 11.4 Å². The number of hydrogen-bond donors (Lipinski definition) is 1. The second kappa shape index (κ2) is 7.69. The molecule has 2 amide bonds. The number of aryl methyl sites for hydroxylation is 1. The maximum atomic E-state index is 13.6. The number of phenolic OH excluding ortho intramolecular Hbond substituents is 1. The maximum Gasteiger partial charge on any atom is 0.266 e. The van der Waals surface area contributed by atoms with Crippen LogP contribution in [0.2, 0.25) is 0 Å². The number of hydroxylamine groups is 1. The van der Waals surface area contributed by atoms with Gasteiger partial charge in [-0.1, -0.05) is 48.0 Å². The van der Waals surface area contributed by atoms with Gasteiger partial charge in [-0.3, -0.25) is 14.4 Å². The maximum absolute atomic E-state index is 13.6. The summed E-state index contributed by atoms with van der Waals surface area (Å²) in [6.45, 7) is 1.94. The number of fused-ring (bicyclic) bond motifs is 1. The Hall–Kier alpha value is -3.84. The van der Waals surface area contributed by atoms with Gasteiger partial charge in [0, 0.05) is 5.56 Å². The number of phenols is 1. The average Bonchev–Trinajstić information content (AvgIpc) is 3.31. The second-order valence-corrected chi connectivity index (χ2v) is 7.90. The Labute approximate surface area is 185 Å². The van der Waals surface area contributed by atoms with Crippen molar-refractivity contribution in [2.24, 2.45) is 5.92 Å². The molecule has 7 nitrogen and oxygen atoms in total. The van der Waals surface area contributed by atoms with Gasteiger partial charge in [-0.25, -0.2) is 9.96 Å². The van der Waals surface area contributed by atoms with Crippen molar-refractivity contribution in [1.29, 1.82) is 0 Å². The van der Waals surface area contributed by atoms with E-state index in [1.807, 2.05) is 49.4 Å². The number of hydrogen-bond acceptors (Lipinski definition) is 6. The van der Waals surface area contributed by atoms with Crippen LogP contribution in [0.1, 0.15) is 17.2 Å². The summed E-state index contributed by atoms with van der Waals surface area (Å²) >= 11 is 0. The Bertz CT molecular complexity index is 1180. The van der Waals surface area contributed by atoms with E-state index in [0.29, 0.717) is 16.9 Å². The van der Waals surface area contributed by atoms with Crippen LogP contribution in [-0.2, 0) is 14.4 Å². The highest BCUT2D eigenvalue weighted by atomic mass is 16.7. The van der Waals surface area contributed by atoms with Gasteiger partial charge in [-0.05, 0) is 37.3 Å². The van der Waals surface area contributed by atoms with E-state index in [0.717, 1.165) is 5.56 Å². The predicted molar refractivity (Wildman–Crippen MR) is 118 cm³/mol. The first-order valence-electron chi connectivity index (χ1n) is 10.3. The van der Waals surface area contributed by atoms with E-state index in [4.69, 9.17) is 9.57 Å². The second-order valence-electron chi connectivity index (χ2n) is 7.90. The summed E-state index contributed by atoms with van der Waals surface area (Å²) in [6, 6.07) is 20.8. The molecule has 0 radical (unpaired) electrons. The molecular weight excluding hydrogens is 408 g/mol. The minimum Gasteiger partial charge on any atom is -0.504 e. The van der Waals surface area contributed by atoms with Gasteiger partial charge in [0.25, 0.3) is 5.91 Å². The summed E-state index contributed by atoms with van der Waals surface area (Å²) in [7, 11) is 1.46. The third-order valence-corrected chi connectivity index (χ3v) is 5.99. The number of methoxy groups -OCH3 is 1. The van der Waals surface area contributed by atoms with Crippen LogP contribution in [0.15, 0.2) is 72.8 Å². The Morgan fingerprint density at radius 1 is 0.875 bits per heavy atom. The molecule has 2 aliphatic rings. The number of carbonyl (C=O) groups excluding carboxylic acids is 2. The molecule has 7 heteroatoms. The van der Waals surface area contributed by atoms with Crippen molar-refractivity contribution in [3.8, 4) is 11.5 Å². The van der Waals surface area contributed by atoms with Crippen molar-refractivity contribution in [2.45, 2.75) is 19.1 Å². The van der Waals surface area contributed by atoms with Crippen molar-refractivity contribution in [3.63, 3.8) is 0 Å². The average molecular weight is 430 g/mol. The lowest BCUT2D eigenvalue weighted by atomic mass is 9.90. The molecule has 2 aliphatic heterocycles. The number of anilines is 2. The number of imide groups is 1. The highest BCUT2D eigenvalue weighted by Gasteiger charge is 2.60. The first-order valence-corrected chi connectivity index (χ1v) is 10.3. The molecule has 32 heavy (non-hydrogen) atoms. The molecule has 2 saturated heterocycles. The van der Waals surface area contributed by atoms with Crippen LogP contribution in [0.5, 0.6) is 11.5 Å². The summed E-state index contributed by atoms with van der Waals surface area (Å²) in [6.07, 6.45) is -1.00. The van der Waals surface area contributed by atoms with Crippen molar-refractivity contribution in [1.82, 2.24) is 0 Å². The van der Waals surface area contributed by atoms with E-state index in [2.05, 4.69) is 0 Å². The molecule has 0 aromatic heterocycles. The summed E-state index contributed by atoms with van der Waals surface area (Å²) < 4.78 is 5.28. The van der Waals surface area contributed by atoms with Gasteiger partial charge in [0.2, 0.25) is 5.91 Å². The fourth-order valence-electron chi connectivity index (χ4n) is 4.42. The number of aromatic hydroxyl groups is 1. The van der Waals surface area contributed by atoms with E-state index in [1.165, 1.54) is 12.0 Å². The minimum absolute atomic E-state index is 0.0841. The Kier molecular flexibility index (Phi) is 4.83. The summed E-state index contributed by atoms with van der Waals surface area (Å²) in [5.41, 5.74) is 2.66. The van der Waals surface area contributed by atoms with Gasteiger partial charge in [0.1, 0.15) is 12.0 Å². The SMILES string of the molecule is COc1cccc([C@@H]2[C@@H]3C(=O)N(c4ccc(C)cc4)C(=O)[C@@H]3ON2c2ccccc2)c1O. The van der Waals surface area contributed by atoms with Crippen molar-refractivity contribution in [2.75, 3.05) is 17.1 Å². The van der Waals surface area contributed by atoms with Crippen molar-refractivity contribution >= 4 is 23.2 Å². The molecule has 0 spiro atoms. The molecule has 0 aliphatic carbocycles. The molecule has 5 rings (SSSR count). The topological polar surface area (TPSA) is 79.3 Å². The first kappa shape index (κ1) is 20.1. The number of benzene rings is 3. The van der Waals surface area contributed by atoms with Gasteiger partial charge in [-0.2, -0.15) is 0 Å². The molecule has 2 fully saturated rings. The smallest absolute Gasteiger partial charge is 0.266 e. The van der Waals surface area contributed by atoms with Crippen molar-refractivity contribution < 1.29 is 24.3 Å². The lowest BCUT2D eigenvalue weighted by molar-refractivity contribution is -0.126. The van der Waals surface area contributed by atoms with Gasteiger partial charge in [0.05, 0.1) is 18.5 Å². The normalized spacial score (nSPS) is 22.4. The molecule has 1 N–H and O–H groups in total. The molecule has 162 valence electrons. The third-order valence-electron chi connectivity index (χ3n) is 5.99. The molecule has 0 unspecified atom stereocenters. The predicted octanol–water partition coefficient (Wildman–Crippen LogP) is 3.76. The number of nitrogens with zero attached hydrogens (tertiary/aromatic N) is 2. The molecule has 3 aromatic carbocycles. The summed E-state index contributed by atoms with van der Waals surface area (Å²) in [5, 5.41) is 12.4. The minimum atomic E-state index is -1.00. The van der Waals surface area contributed by atoms with Crippen LogP contribution in [-0.4, -0.2) is 30.1 Å². The summed E-state index contributed by atoms with van der Waals surface area (Å²) in [5.74, 6) is -1.42. The number of para-hydroxylation sites is 2. The van der Waals surface area contributed by atoms with E-state index >= 15 is 0 Å². The van der Waals surface area contributed by atoms with Gasteiger partial charge in [0.15, 0.2) is 17.6 Å². The monoisotopic (exact) mass is 430 g/mol. The quantitative estimate of drug-likeness (QED) is 0.635. The van der Waals surface area contributed by atoms with E-state index < -0.39 is 24.0 Å². The van der Waals surface area contributed by atoms with Crippen LogP contribution >= 0.6 is 0 Å². The van der Waals surface area contributed by atoms with Crippen LogP contribution in [0.3, 0.4) is 0 Å². The lowest BCUT2D eigenvalue weighted by Crippen LogP contribution is -2.37. The van der Waals surface area contributed by atoms with Crippen LogP contribution in [0.25, 0.3) is 0 Å². The zero-order chi connectivity index (χ0) is 22.4. The van der Waals surface area contributed by atoms with E-state index in [1.54, 1.807) is 35.4 Å². The number of carbonyl (C=O) groups is 2. The Balaban J connectivity index is 1.62. The Morgan fingerprint density at radius 2 is 1.59 bits per heavy atom. The third kappa shape index (κ3) is 3.01. The zero-order valence-electron chi connectivity index (χ0n) is 17.6. The standard InChI is InChI=1S/C25H22N2O5/c1-15-11-13-16(14-12-15)26-24(29)20-21(18-9-6-10-19(31-2)22(18)28)27(32-23(20)25(26)30)17-7-4-3-5-8-17/h3-14,20-21,23,28H,1-2H3/t20-,21+,23+/m0/s1. The Morgan fingerprint density at radius 3 is 2.28 bits per heavy atom. The van der Waals surface area contributed by atoms with Crippen LogP contribution < -0.4 is 14.7 Å². The molecule has 3 aromatic rings. The molecule has 3 atom stereocenters.